The molecule has 0 unspecified atom stereocenters. The van der Waals surface area contributed by atoms with Crippen molar-refractivity contribution in [3.05, 3.63) is 66.0 Å². The Balaban J connectivity index is 1.97. The number of anilines is 3. The summed E-state index contributed by atoms with van der Waals surface area (Å²) in [5, 5.41) is 3.04. The Morgan fingerprint density at radius 3 is 2.56 bits per heavy atom. The van der Waals surface area contributed by atoms with E-state index in [1.54, 1.807) is 42.5 Å². The summed E-state index contributed by atoms with van der Waals surface area (Å²) in [6.07, 6.45) is 0. The molecule has 6 nitrogen and oxygen atoms in total. The summed E-state index contributed by atoms with van der Waals surface area (Å²) in [4.78, 5) is 20.4. The van der Waals surface area contributed by atoms with Gasteiger partial charge in [-0.1, -0.05) is 12.1 Å². The zero-order valence-corrected chi connectivity index (χ0v) is 13.4. The average molecular weight is 338 g/mol. The second kappa shape index (κ2) is 6.96. The Labute approximate surface area is 143 Å². The standard InChI is InChI=1S/C18H15FN4O2/c1-25-18(24)13-4-2-3-5-14(13)21-16-10-15(20)22-17(23-16)11-6-8-12(19)9-7-11/h2-10H,1H3,(H3,20,21,22,23). The molecule has 1 aromatic heterocycles. The van der Waals surface area contributed by atoms with E-state index in [4.69, 9.17) is 10.5 Å². The highest BCUT2D eigenvalue weighted by Gasteiger charge is 2.13. The SMILES string of the molecule is COC(=O)c1ccccc1Nc1cc(N)nc(-c2ccc(F)cc2)n1. The van der Waals surface area contributed by atoms with E-state index < -0.39 is 5.97 Å². The number of carbonyl (C=O) groups is 1. The number of methoxy groups -OCH3 is 1. The Morgan fingerprint density at radius 2 is 1.84 bits per heavy atom. The molecule has 0 fully saturated rings. The number of halogens is 1. The molecule has 126 valence electrons. The fourth-order valence-corrected chi connectivity index (χ4v) is 2.28. The number of aromatic nitrogens is 2. The van der Waals surface area contributed by atoms with Crippen LogP contribution in [0.2, 0.25) is 0 Å². The Morgan fingerprint density at radius 1 is 1.12 bits per heavy atom. The fraction of sp³-hybridized carbons (Fsp3) is 0.0556. The van der Waals surface area contributed by atoms with Crippen molar-refractivity contribution in [3.8, 4) is 11.4 Å². The number of nitrogens with one attached hydrogen (secondary N) is 1. The first-order valence-corrected chi connectivity index (χ1v) is 7.41. The van der Waals surface area contributed by atoms with Gasteiger partial charge in [0.1, 0.15) is 17.5 Å². The van der Waals surface area contributed by atoms with Gasteiger partial charge in [-0.25, -0.2) is 19.2 Å². The molecule has 0 atom stereocenters. The highest BCUT2D eigenvalue weighted by molar-refractivity contribution is 5.96. The third-order valence-corrected chi connectivity index (χ3v) is 3.44. The maximum Gasteiger partial charge on any atom is 0.339 e. The van der Waals surface area contributed by atoms with E-state index in [9.17, 15) is 9.18 Å². The minimum absolute atomic E-state index is 0.243. The Kier molecular flexibility index (Phi) is 4.56. The monoisotopic (exact) mass is 338 g/mol. The van der Waals surface area contributed by atoms with Crippen molar-refractivity contribution in [3.63, 3.8) is 0 Å². The van der Waals surface area contributed by atoms with Crippen LogP contribution in [-0.2, 0) is 4.74 Å². The van der Waals surface area contributed by atoms with Crippen LogP contribution in [0.3, 0.4) is 0 Å². The van der Waals surface area contributed by atoms with Gasteiger partial charge in [-0.3, -0.25) is 0 Å². The number of ether oxygens (including phenoxy) is 1. The summed E-state index contributed by atoms with van der Waals surface area (Å²) in [6, 6.07) is 14.2. The van der Waals surface area contributed by atoms with Crippen molar-refractivity contribution in [1.29, 1.82) is 0 Å². The summed E-state index contributed by atoms with van der Waals surface area (Å²) >= 11 is 0. The first kappa shape index (κ1) is 16.4. The van der Waals surface area contributed by atoms with Crippen LogP contribution in [0, 0.1) is 5.82 Å². The van der Waals surface area contributed by atoms with Crippen molar-refractivity contribution in [2.45, 2.75) is 0 Å². The molecule has 0 aliphatic heterocycles. The number of nitrogens with two attached hydrogens (primary N) is 1. The zero-order valence-electron chi connectivity index (χ0n) is 13.4. The van der Waals surface area contributed by atoms with Gasteiger partial charge >= 0.3 is 5.97 Å². The molecular formula is C18H15FN4O2. The summed E-state index contributed by atoms with van der Waals surface area (Å²) in [5.41, 5.74) is 7.36. The molecule has 0 saturated carbocycles. The van der Waals surface area contributed by atoms with Crippen molar-refractivity contribution >= 4 is 23.3 Å². The van der Waals surface area contributed by atoms with Crippen LogP contribution in [0.4, 0.5) is 21.7 Å². The fourth-order valence-electron chi connectivity index (χ4n) is 2.28. The second-order valence-electron chi connectivity index (χ2n) is 5.17. The van der Waals surface area contributed by atoms with Gasteiger partial charge in [0.2, 0.25) is 0 Å². The van der Waals surface area contributed by atoms with E-state index in [1.807, 2.05) is 0 Å². The average Bonchev–Trinajstić information content (AvgIpc) is 2.61. The molecular weight excluding hydrogens is 323 g/mol. The quantitative estimate of drug-likeness (QED) is 0.709. The molecule has 7 heteroatoms. The number of benzene rings is 2. The molecule has 0 saturated heterocycles. The van der Waals surface area contributed by atoms with E-state index in [0.717, 1.165) is 0 Å². The summed E-state index contributed by atoms with van der Waals surface area (Å²) in [7, 11) is 1.31. The molecule has 0 amide bonds. The highest BCUT2D eigenvalue weighted by atomic mass is 19.1. The highest BCUT2D eigenvalue weighted by Crippen LogP contribution is 2.24. The number of hydrogen-bond donors (Lipinski definition) is 2. The summed E-state index contributed by atoms with van der Waals surface area (Å²) in [5.74, 6) is 0.176. The largest absolute Gasteiger partial charge is 0.465 e. The van der Waals surface area contributed by atoms with E-state index in [0.29, 0.717) is 28.5 Å². The van der Waals surface area contributed by atoms with Gasteiger partial charge in [0.05, 0.1) is 18.4 Å². The normalized spacial score (nSPS) is 10.3. The molecule has 2 aromatic carbocycles. The van der Waals surface area contributed by atoms with E-state index >= 15 is 0 Å². The van der Waals surface area contributed by atoms with Crippen LogP contribution in [0.25, 0.3) is 11.4 Å². The van der Waals surface area contributed by atoms with Gasteiger partial charge in [0, 0.05) is 11.6 Å². The number of carbonyl (C=O) groups excluding carboxylic acids is 1. The molecule has 0 spiro atoms. The molecule has 0 aliphatic rings. The lowest BCUT2D eigenvalue weighted by Gasteiger charge is -2.11. The van der Waals surface area contributed by atoms with Crippen LogP contribution in [-0.4, -0.2) is 23.0 Å². The lowest BCUT2D eigenvalue weighted by molar-refractivity contribution is 0.0602. The molecule has 0 radical (unpaired) electrons. The van der Waals surface area contributed by atoms with Gasteiger partial charge in [-0.05, 0) is 36.4 Å². The molecule has 1 heterocycles. The molecule has 0 aliphatic carbocycles. The minimum Gasteiger partial charge on any atom is -0.465 e. The van der Waals surface area contributed by atoms with Gasteiger partial charge in [-0.2, -0.15) is 0 Å². The molecule has 3 N–H and O–H groups in total. The lowest BCUT2D eigenvalue weighted by Crippen LogP contribution is -2.07. The van der Waals surface area contributed by atoms with Gasteiger partial charge in [0.15, 0.2) is 5.82 Å². The van der Waals surface area contributed by atoms with Crippen molar-refractivity contribution in [2.75, 3.05) is 18.2 Å². The van der Waals surface area contributed by atoms with Crippen LogP contribution in [0.1, 0.15) is 10.4 Å². The Hall–Kier alpha value is -3.48. The molecule has 25 heavy (non-hydrogen) atoms. The summed E-state index contributed by atoms with van der Waals surface area (Å²) in [6.45, 7) is 0. The van der Waals surface area contributed by atoms with Crippen LogP contribution in [0.5, 0.6) is 0 Å². The first-order chi connectivity index (χ1) is 12.1. The smallest absolute Gasteiger partial charge is 0.339 e. The topological polar surface area (TPSA) is 90.1 Å². The van der Waals surface area contributed by atoms with Crippen molar-refractivity contribution in [2.24, 2.45) is 0 Å². The minimum atomic E-state index is -0.469. The molecule has 0 bridgehead atoms. The number of nitrogens with zero attached hydrogens (tertiary/aromatic N) is 2. The maximum atomic E-state index is 13.1. The maximum absolute atomic E-state index is 13.1. The third kappa shape index (κ3) is 3.72. The van der Waals surface area contributed by atoms with Crippen LogP contribution >= 0.6 is 0 Å². The number of hydrogen-bond acceptors (Lipinski definition) is 6. The molecule has 3 rings (SSSR count). The van der Waals surface area contributed by atoms with Gasteiger partial charge in [-0.15, -0.1) is 0 Å². The first-order valence-electron chi connectivity index (χ1n) is 7.41. The number of para-hydroxylation sites is 1. The third-order valence-electron chi connectivity index (χ3n) is 3.44. The van der Waals surface area contributed by atoms with E-state index in [1.165, 1.54) is 19.2 Å². The van der Waals surface area contributed by atoms with Gasteiger partial charge < -0.3 is 15.8 Å². The number of esters is 1. The van der Waals surface area contributed by atoms with Gasteiger partial charge in [0.25, 0.3) is 0 Å². The predicted octanol–water partition coefficient (Wildman–Crippen LogP) is 3.40. The molecule has 3 aromatic rings. The van der Waals surface area contributed by atoms with Crippen LogP contribution < -0.4 is 11.1 Å². The second-order valence-corrected chi connectivity index (χ2v) is 5.17. The van der Waals surface area contributed by atoms with E-state index in [2.05, 4.69) is 15.3 Å². The zero-order chi connectivity index (χ0) is 17.8. The van der Waals surface area contributed by atoms with E-state index in [-0.39, 0.29) is 11.6 Å². The predicted molar refractivity (Wildman–Crippen MR) is 92.9 cm³/mol. The van der Waals surface area contributed by atoms with Crippen LogP contribution in [0.15, 0.2) is 54.6 Å². The van der Waals surface area contributed by atoms with Crippen molar-refractivity contribution in [1.82, 2.24) is 9.97 Å². The Bertz CT molecular complexity index is 913. The summed E-state index contributed by atoms with van der Waals surface area (Å²) < 4.78 is 17.9. The number of nitrogen functional groups attached to an aromatic ring is 1. The number of rotatable bonds is 4. The van der Waals surface area contributed by atoms with Crippen molar-refractivity contribution < 1.29 is 13.9 Å². The lowest BCUT2D eigenvalue weighted by atomic mass is 10.2.